The molecule has 0 radical (unpaired) electrons. The summed E-state index contributed by atoms with van der Waals surface area (Å²) >= 11 is 2.97. The molecule has 0 bridgehead atoms. The number of benzene rings is 1. The minimum atomic E-state index is -0.0566. The molecule has 8 heteroatoms. The molecule has 1 N–H and O–H groups in total. The molecule has 1 amide bonds. The van der Waals surface area contributed by atoms with Crippen LogP contribution in [0.15, 0.2) is 34.2 Å². The van der Waals surface area contributed by atoms with Gasteiger partial charge in [0.25, 0.3) is 5.56 Å². The zero-order valence-corrected chi connectivity index (χ0v) is 21.1. The smallest absolute Gasteiger partial charge is 0.263 e. The number of nitrogens with one attached hydrogen (secondary N) is 1. The Morgan fingerprint density at radius 1 is 1.30 bits per heavy atom. The number of carbonyl (C=O) groups excluding carboxylic acids is 1. The Balaban J connectivity index is 1.53. The van der Waals surface area contributed by atoms with Gasteiger partial charge in [0, 0.05) is 25.1 Å². The number of thiophene rings is 1. The molecule has 1 aliphatic rings. The van der Waals surface area contributed by atoms with Crippen molar-refractivity contribution >= 4 is 39.2 Å². The zero-order valence-electron chi connectivity index (χ0n) is 19.5. The van der Waals surface area contributed by atoms with Crippen LogP contribution in [0.25, 0.3) is 10.2 Å². The van der Waals surface area contributed by atoms with E-state index >= 15 is 0 Å². The molecule has 3 aromatic rings. The summed E-state index contributed by atoms with van der Waals surface area (Å²) in [5.74, 6) is 0.161. The topological polar surface area (TPSA) is 73.2 Å². The van der Waals surface area contributed by atoms with E-state index in [0.717, 1.165) is 47.9 Å². The maximum absolute atomic E-state index is 13.4. The minimum Gasteiger partial charge on any atom is -0.385 e. The van der Waals surface area contributed by atoms with Crippen molar-refractivity contribution in [3.8, 4) is 0 Å². The molecule has 1 aliphatic carbocycles. The molecule has 1 aromatic carbocycles. The zero-order chi connectivity index (χ0) is 23.4. The van der Waals surface area contributed by atoms with E-state index in [-0.39, 0.29) is 23.3 Å². The Bertz CT molecular complexity index is 1180. The van der Waals surface area contributed by atoms with Crippen molar-refractivity contribution in [2.24, 2.45) is 0 Å². The number of ether oxygens (including phenoxy) is 1. The van der Waals surface area contributed by atoms with Gasteiger partial charge in [-0.15, -0.1) is 11.3 Å². The first-order chi connectivity index (χ1) is 16.0. The first-order valence-corrected chi connectivity index (χ1v) is 13.3. The Labute approximate surface area is 202 Å². The van der Waals surface area contributed by atoms with Crippen molar-refractivity contribution in [1.29, 1.82) is 0 Å². The normalized spacial score (nSPS) is 13.9. The lowest BCUT2D eigenvalue weighted by molar-refractivity contribution is -0.119. The lowest BCUT2D eigenvalue weighted by atomic mass is 10.0. The summed E-state index contributed by atoms with van der Waals surface area (Å²) in [5, 5.41) is 4.53. The summed E-state index contributed by atoms with van der Waals surface area (Å²) in [6.45, 7) is 5.23. The quantitative estimate of drug-likeness (QED) is 0.257. The predicted molar refractivity (Wildman–Crippen MR) is 135 cm³/mol. The number of nitrogens with zero attached hydrogens (tertiary/aromatic N) is 2. The maximum Gasteiger partial charge on any atom is 0.263 e. The summed E-state index contributed by atoms with van der Waals surface area (Å²) in [5.41, 5.74) is 3.50. The fourth-order valence-electron chi connectivity index (χ4n) is 4.32. The van der Waals surface area contributed by atoms with Crippen molar-refractivity contribution in [3.05, 3.63) is 56.2 Å². The van der Waals surface area contributed by atoms with Crippen LogP contribution < -0.4 is 10.9 Å². The van der Waals surface area contributed by atoms with Gasteiger partial charge in [-0.3, -0.25) is 14.2 Å². The molecule has 6 nitrogen and oxygen atoms in total. The Morgan fingerprint density at radius 2 is 2.09 bits per heavy atom. The molecule has 1 atom stereocenters. The van der Waals surface area contributed by atoms with Gasteiger partial charge in [0.2, 0.25) is 5.91 Å². The first kappa shape index (κ1) is 24.0. The van der Waals surface area contributed by atoms with Gasteiger partial charge in [0.05, 0.1) is 17.2 Å². The molecule has 0 spiro atoms. The van der Waals surface area contributed by atoms with Gasteiger partial charge in [-0.1, -0.05) is 48.5 Å². The van der Waals surface area contributed by atoms with Gasteiger partial charge in [-0.25, -0.2) is 4.98 Å². The number of thioether (sulfide) groups is 1. The highest BCUT2D eigenvalue weighted by Crippen LogP contribution is 2.35. The third kappa shape index (κ3) is 5.34. The first-order valence-electron chi connectivity index (χ1n) is 11.5. The number of carbonyl (C=O) groups is 1. The molecule has 0 unspecified atom stereocenters. The molecular formula is C25H31N3O3S2. The van der Waals surface area contributed by atoms with Crippen LogP contribution in [0.5, 0.6) is 0 Å². The molecule has 176 valence electrons. The number of rotatable bonds is 10. The molecular weight excluding hydrogens is 454 g/mol. The highest BCUT2D eigenvalue weighted by Gasteiger charge is 2.23. The third-order valence-corrected chi connectivity index (χ3v) is 8.24. The van der Waals surface area contributed by atoms with E-state index in [2.05, 4.69) is 43.4 Å². The molecule has 0 saturated carbocycles. The summed E-state index contributed by atoms with van der Waals surface area (Å²) in [4.78, 5) is 33.2. The second-order valence-corrected chi connectivity index (χ2v) is 10.5. The van der Waals surface area contributed by atoms with E-state index in [4.69, 9.17) is 9.72 Å². The van der Waals surface area contributed by atoms with E-state index in [1.54, 1.807) is 23.0 Å². The second-order valence-electron chi connectivity index (χ2n) is 8.46. The largest absolute Gasteiger partial charge is 0.385 e. The molecule has 2 heterocycles. The Morgan fingerprint density at radius 3 is 2.82 bits per heavy atom. The SMILES string of the molecule is CC[C@@H](NC(=O)CSc1nc2sc3c(c2c(=O)n1CCCOC)CCC3)c1ccc(C)cc1. The molecule has 0 saturated heterocycles. The van der Waals surface area contributed by atoms with Gasteiger partial charge in [-0.2, -0.15) is 0 Å². The Kier molecular flexibility index (Phi) is 7.88. The average molecular weight is 486 g/mol. The van der Waals surface area contributed by atoms with Gasteiger partial charge >= 0.3 is 0 Å². The molecule has 2 aromatic heterocycles. The third-order valence-electron chi connectivity index (χ3n) is 6.08. The van der Waals surface area contributed by atoms with Crippen LogP contribution in [0.4, 0.5) is 0 Å². The van der Waals surface area contributed by atoms with Gasteiger partial charge in [-0.05, 0) is 50.2 Å². The molecule has 33 heavy (non-hydrogen) atoms. The van der Waals surface area contributed by atoms with Crippen LogP contribution >= 0.6 is 23.1 Å². The lowest BCUT2D eigenvalue weighted by Crippen LogP contribution is -2.30. The standard InChI is InChI=1S/C25H31N3O3S2/c1-4-19(17-11-9-16(2)10-12-17)26-21(29)15-32-25-27-23-22(18-7-5-8-20(18)33-23)24(30)28(25)13-6-14-31-3/h9-12,19H,4-8,13-15H2,1-3H3,(H,26,29)/t19-/m1/s1. The Hall–Kier alpha value is -2.16. The number of amides is 1. The van der Waals surface area contributed by atoms with Crippen LogP contribution in [-0.4, -0.2) is 34.9 Å². The van der Waals surface area contributed by atoms with E-state index in [0.29, 0.717) is 18.3 Å². The van der Waals surface area contributed by atoms with Crippen molar-refractivity contribution in [2.45, 2.75) is 63.7 Å². The highest BCUT2D eigenvalue weighted by molar-refractivity contribution is 7.99. The van der Waals surface area contributed by atoms with Crippen molar-refractivity contribution in [1.82, 2.24) is 14.9 Å². The molecule has 0 fully saturated rings. The number of methoxy groups -OCH3 is 1. The van der Waals surface area contributed by atoms with Gasteiger partial charge < -0.3 is 10.1 Å². The summed E-state index contributed by atoms with van der Waals surface area (Å²) in [6, 6.07) is 8.23. The van der Waals surface area contributed by atoms with Crippen molar-refractivity contribution in [3.63, 3.8) is 0 Å². The number of hydrogen-bond acceptors (Lipinski definition) is 6. The number of aryl methyl sites for hydroxylation is 3. The van der Waals surface area contributed by atoms with E-state index in [1.807, 2.05) is 0 Å². The van der Waals surface area contributed by atoms with Crippen molar-refractivity contribution in [2.75, 3.05) is 19.5 Å². The summed E-state index contributed by atoms with van der Waals surface area (Å²) in [7, 11) is 1.66. The fourth-order valence-corrected chi connectivity index (χ4v) is 6.46. The lowest BCUT2D eigenvalue weighted by Gasteiger charge is -2.18. The summed E-state index contributed by atoms with van der Waals surface area (Å²) < 4.78 is 6.93. The van der Waals surface area contributed by atoms with E-state index < -0.39 is 0 Å². The fraction of sp³-hybridized carbons (Fsp3) is 0.480. The van der Waals surface area contributed by atoms with E-state index in [1.165, 1.54) is 27.8 Å². The van der Waals surface area contributed by atoms with Crippen LogP contribution in [0.3, 0.4) is 0 Å². The molecule has 4 rings (SSSR count). The number of fused-ring (bicyclic) bond motifs is 3. The van der Waals surface area contributed by atoms with Crippen LogP contribution in [0, 0.1) is 6.92 Å². The maximum atomic E-state index is 13.4. The van der Waals surface area contributed by atoms with Crippen molar-refractivity contribution < 1.29 is 9.53 Å². The predicted octanol–water partition coefficient (Wildman–Crippen LogP) is 4.65. The van der Waals surface area contributed by atoms with Crippen LogP contribution in [0.2, 0.25) is 0 Å². The summed E-state index contributed by atoms with van der Waals surface area (Å²) in [6.07, 6.45) is 4.63. The highest BCUT2D eigenvalue weighted by atomic mass is 32.2. The van der Waals surface area contributed by atoms with Gasteiger partial charge in [0.15, 0.2) is 5.16 Å². The monoisotopic (exact) mass is 485 g/mol. The molecule has 0 aliphatic heterocycles. The van der Waals surface area contributed by atoms with Gasteiger partial charge in [0.1, 0.15) is 4.83 Å². The van der Waals surface area contributed by atoms with Crippen LogP contribution in [-0.2, 0) is 28.9 Å². The van der Waals surface area contributed by atoms with Crippen LogP contribution in [0.1, 0.15) is 53.8 Å². The number of hydrogen-bond donors (Lipinski definition) is 1. The second kappa shape index (κ2) is 10.8. The minimum absolute atomic E-state index is 0.0181. The number of aromatic nitrogens is 2. The van der Waals surface area contributed by atoms with E-state index in [9.17, 15) is 9.59 Å². The average Bonchev–Trinajstić information content (AvgIpc) is 3.39.